The van der Waals surface area contributed by atoms with Crippen molar-refractivity contribution in [2.45, 2.75) is 39.7 Å². The molecule has 0 N–H and O–H groups in total. The van der Waals surface area contributed by atoms with Crippen molar-refractivity contribution in [1.82, 2.24) is 25.0 Å². The van der Waals surface area contributed by atoms with Crippen LogP contribution >= 0.6 is 0 Å². The number of aryl methyl sites for hydroxylation is 3. The summed E-state index contributed by atoms with van der Waals surface area (Å²) in [6.45, 7) is 6.36. The Bertz CT molecular complexity index is 944. The fourth-order valence-corrected chi connectivity index (χ4v) is 3.61. The number of carbonyl (C=O) groups is 1. The lowest BCUT2D eigenvalue weighted by Gasteiger charge is -2.24. The Morgan fingerprint density at radius 3 is 2.59 bits per heavy atom. The molecule has 0 aliphatic carbocycles. The highest BCUT2D eigenvalue weighted by atomic mass is 16.5. The Morgan fingerprint density at radius 2 is 1.96 bits per heavy atom. The molecule has 7 nitrogen and oxygen atoms in total. The van der Waals surface area contributed by atoms with Crippen LogP contribution in [0.3, 0.4) is 0 Å². The minimum atomic E-state index is -0.0957. The summed E-state index contributed by atoms with van der Waals surface area (Å²) in [5, 5.41) is 4.00. The number of nitrogens with zero attached hydrogens (tertiary/aromatic N) is 5. The molecule has 4 rings (SSSR count). The zero-order chi connectivity index (χ0) is 19.0. The van der Waals surface area contributed by atoms with Gasteiger partial charge in [0.15, 0.2) is 0 Å². The quantitative estimate of drug-likeness (QED) is 0.709. The van der Waals surface area contributed by atoms with Gasteiger partial charge in [-0.3, -0.25) is 14.8 Å². The van der Waals surface area contributed by atoms with Crippen molar-refractivity contribution in [3.8, 4) is 11.1 Å². The van der Waals surface area contributed by atoms with Crippen LogP contribution in [-0.4, -0.2) is 37.5 Å². The van der Waals surface area contributed by atoms with Gasteiger partial charge >= 0.3 is 0 Å². The van der Waals surface area contributed by atoms with Gasteiger partial charge < -0.3 is 9.42 Å². The highest BCUT2D eigenvalue weighted by Gasteiger charge is 2.32. The lowest BCUT2D eigenvalue weighted by atomic mass is 10.0. The SMILES string of the molecule is Cc1cnc(C(=O)N2CCCC2c2ccc(-c3c(C)noc3C)cn2)cn1. The molecule has 1 unspecified atom stereocenters. The summed E-state index contributed by atoms with van der Waals surface area (Å²) in [4.78, 5) is 27.8. The number of carbonyl (C=O) groups excluding carboxylic acids is 1. The topological polar surface area (TPSA) is 85.0 Å². The highest BCUT2D eigenvalue weighted by Crippen LogP contribution is 2.33. The van der Waals surface area contributed by atoms with E-state index in [2.05, 4.69) is 20.1 Å². The number of pyridine rings is 1. The van der Waals surface area contributed by atoms with Gasteiger partial charge in [0.05, 0.1) is 29.3 Å². The average molecular weight is 363 g/mol. The van der Waals surface area contributed by atoms with Crippen molar-refractivity contribution in [3.05, 3.63) is 59.3 Å². The summed E-state index contributed by atoms with van der Waals surface area (Å²) in [7, 11) is 0. The van der Waals surface area contributed by atoms with Crippen molar-refractivity contribution >= 4 is 5.91 Å². The zero-order valence-electron chi connectivity index (χ0n) is 15.6. The molecule has 27 heavy (non-hydrogen) atoms. The van der Waals surface area contributed by atoms with Gasteiger partial charge in [-0.2, -0.15) is 0 Å². The lowest BCUT2D eigenvalue weighted by molar-refractivity contribution is 0.0726. The van der Waals surface area contributed by atoms with Crippen LogP contribution in [0.4, 0.5) is 0 Å². The van der Waals surface area contributed by atoms with Crippen molar-refractivity contribution < 1.29 is 9.32 Å². The van der Waals surface area contributed by atoms with Crippen LogP contribution in [0.5, 0.6) is 0 Å². The third-order valence-corrected chi connectivity index (χ3v) is 4.96. The molecule has 0 saturated carbocycles. The molecule has 1 amide bonds. The normalized spacial score (nSPS) is 16.7. The largest absolute Gasteiger partial charge is 0.361 e. The fourth-order valence-electron chi connectivity index (χ4n) is 3.61. The van der Waals surface area contributed by atoms with Gasteiger partial charge in [0.2, 0.25) is 0 Å². The maximum Gasteiger partial charge on any atom is 0.274 e. The predicted octanol–water partition coefficient (Wildman–Crippen LogP) is 3.43. The maximum absolute atomic E-state index is 12.9. The lowest BCUT2D eigenvalue weighted by Crippen LogP contribution is -2.31. The Hall–Kier alpha value is -3.09. The van der Waals surface area contributed by atoms with Crippen LogP contribution in [0.15, 0.2) is 35.2 Å². The molecule has 0 radical (unpaired) electrons. The standard InChI is InChI=1S/C20H21N5O2/c1-12-9-22-17(11-21-12)20(26)25-8-4-5-18(25)16-7-6-15(10-23-16)19-13(2)24-27-14(19)3/h6-7,9-11,18H,4-5,8H2,1-3H3. The van der Waals surface area contributed by atoms with E-state index in [4.69, 9.17) is 4.52 Å². The van der Waals surface area contributed by atoms with Crippen LogP contribution in [0.2, 0.25) is 0 Å². The smallest absolute Gasteiger partial charge is 0.274 e. The summed E-state index contributed by atoms with van der Waals surface area (Å²) in [6, 6.07) is 3.96. The van der Waals surface area contributed by atoms with E-state index >= 15 is 0 Å². The molecule has 0 spiro atoms. The Kier molecular flexibility index (Phi) is 4.43. The summed E-state index contributed by atoms with van der Waals surface area (Å²) < 4.78 is 5.24. The van der Waals surface area contributed by atoms with Gasteiger partial charge in [0.25, 0.3) is 5.91 Å². The van der Waals surface area contributed by atoms with Gasteiger partial charge in [-0.15, -0.1) is 0 Å². The number of hydrogen-bond acceptors (Lipinski definition) is 6. The van der Waals surface area contributed by atoms with E-state index in [1.165, 1.54) is 0 Å². The third kappa shape index (κ3) is 3.20. The van der Waals surface area contributed by atoms with Crippen LogP contribution in [0, 0.1) is 20.8 Å². The van der Waals surface area contributed by atoms with Crippen LogP contribution < -0.4 is 0 Å². The first-order valence-corrected chi connectivity index (χ1v) is 9.03. The van der Waals surface area contributed by atoms with Gasteiger partial charge in [0.1, 0.15) is 11.5 Å². The first-order valence-electron chi connectivity index (χ1n) is 9.03. The third-order valence-electron chi connectivity index (χ3n) is 4.96. The number of aromatic nitrogens is 4. The van der Waals surface area contributed by atoms with E-state index in [1.807, 2.05) is 44.0 Å². The van der Waals surface area contributed by atoms with Gasteiger partial charge in [0, 0.05) is 30.1 Å². The van der Waals surface area contributed by atoms with E-state index in [0.29, 0.717) is 12.2 Å². The van der Waals surface area contributed by atoms with Gasteiger partial charge in [-0.1, -0.05) is 11.2 Å². The van der Waals surface area contributed by atoms with Gasteiger partial charge in [-0.05, 0) is 39.7 Å². The first kappa shape index (κ1) is 17.3. The average Bonchev–Trinajstić information content (AvgIpc) is 3.29. The minimum absolute atomic E-state index is 0.0423. The molecule has 3 aromatic rings. The molecular weight excluding hydrogens is 342 g/mol. The molecule has 1 atom stereocenters. The molecule has 7 heteroatoms. The molecule has 0 aromatic carbocycles. The maximum atomic E-state index is 12.9. The molecule has 4 heterocycles. The molecular formula is C20H21N5O2. The molecule has 1 fully saturated rings. The molecule has 138 valence electrons. The number of rotatable bonds is 3. The molecule has 1 aliphatic rings. The molecule has 3 aromatic heterocycles. The molecule has 1 saturated heterocycles. The summed E-state index contributed by atoms with van der Waals surface area (Å²) in [5.74, 6) is 0.680. The Balaban J connectivity index is 1.59. The highest BCUT2D eigenvalue weighted by molar-refractivity contribution is 5.92. The molecule has 1 aliphatic heterocycles. The Labute approximate surface area is 157 Å². The van der Waals surface area contributed by atoms with E-state index in [1.54, 1.807) is 12.4 Å². The van der Waals surface area contributed by atoms with Crippen molar-refractivity contribution in [2.75, 3.05) is 6.54 Å². The van der Waals surface area contributed by atoms with Crippen LogP contribution in [-0.2, 0) is 0 Å². The second-order valence-corrected chi connectivity index (χ2v) is 6.87. The number of hydrogen-bond donors (Lipinski definition) is 0. The summed E-state index contributed by atoms with van der Waals surface area (Å²) in [5.41, 5.74) is 4.84. The molecule has 0 bridgehead atoms. The van der Waals surface area contributed by atoms with Crippen molar-refractivity contribution in [2.24, 2.45) is 0 Å². The van der Waals surface area contributed by atoms with E-state index in [0.717, 1.165) is 46.8 Å². The van der Waals surface area contributed by atoms with Crippen molar-refractivity contribution in [3.63, 3.8) is 0 Å². The monoisotopic (exact) mass is 363 g/mol. The zero-order valence-corrected chi connectivity index (χ0v) is 15.6. The predicted molar refractivity (Wildman–Crippen MR) is 99.0 cm³/mol. The number of likely N-dealkylation sites (tertiary alicyclic amines) is 1. The second-order valence-electron chi connectivity index (χ2n) is 6.87. The second kappa shape index (κ2) is 6.90. The van der Waals surface area contributed by atoms with E-state index < -0.39 is 0 Å². The van der Waals surface area contributed by atoms with Crippen LogP contribution in [0.25, 0.3) is 11.1 Å². The Morgan fingerprint density at radius 1 is 1.11 bits per heavy atom. The first-order chi connectivity index (χ1) is 13.0. The van der Waals surface area contributed by atoms with Gasteiger partial charge in [-0.25, -0.2) is 4.98 Å². The fraction of sp³-hybridized carbons (Fsp3) is 0.350. The van der Waals surface area contributed by atoms with E-state index in [9.17, 15) is 4.79 Å². The minimum Gasteiger partial charge on any atom is -0.361 e. The summed E-state index contributed by atoms with van der Waals surface area (Å²) >= 11 is 0. The van der Waals surface area contributed by atoms with Crippen molar-refractivity contribution in [1.29, 1.82) is 0 Å². The summed E-state index contributed by atoms with van der Waals surface area (Å²) in [6.07, 6.45) is 6.83. The van der Waals surface area contributed by atoms with Crippen LogP contribution in [0.1, 0.15) is 52.2 Å². The number of amides is 1. The van der Waals surface area contributed by atoms with E-state index in [-0.39, 0.29) is 11.9 Å².